The van der Waals surface area contributed by atoms with Gasteiger partial charge in [0.2, 0.25) is 0 Å². The first-order chi connectivity index (χ1) is 13.5. The molecule has 2 rings (SSSR count). The summed E-state index contributed by atoms with van der Waals surface area (Å²) in [6.45, 7) is 4.35. The first kappa shape index (κ1) is 25.3. The molecule has 0 spiro atoms. The minimum atomic E-state index is -0.512. The van der Waals surface area contributed by atoms with Crippen LogP contribution in [0.4, 0.5) is 4.39 Å². The molecule has 160 valence electrons. The highest BCUT2D eigenvalue weighted by molar-refractivity contribution is 14.0. The minimum Gasteiger partial charge on any atom is -0.388 e. The van der Waals surface area contributed by atoms with Crippen LogP contribution >= 0.6 is 24.0 Å². The highest BCUT2D eigenvalue weighted by Crippen LogP contribution is 2.15. The number of nitrogens with zero attached hydrogens (tertiary/aromatic N) is 2. The van der Waals surface area contributed by atoms with E-state index in [4.69, 9.17) is 0 Å². The van der Waals surface area contributed by atoms with Gasteiger partial charge in [-0.2, -0.15) is 0 Å². The molecular formula is C22H32FIN4O. The fourth-order valence-electron chi connectivity index (χ4n) is 2.87. The molecule has 1 atom stereocenters. The molecule has 0 aromatic heterocycles. The Morgan fingerprint density at radius 1 is 1.14 bits per heavy atom. The summed E-state index contributed by atoms with van der Waals surface area (Å²) in [6, 6.07) is 14.7. The number of halogens is 2. The third-order valence-electron chi connectivity index (χ3n) is 4.26. The largest absolute Gasteiger partial charge is 0.388 e. The number of benzene rings is 2. The summed E-state index contributed by atoms with van der Waals surface area (Å²) in [5.74, 6) is 0.489. The number of aliphatic hydroxyl groups excluding tert-OH is 1. The van der Waals surface area contributed by atoms with Crippen LogP contribution in [0.3, 0.4) is 0 Å². The summed E-state index contributed by atoms with van der Waals surface area (Å²) in [4.78, 5) is 6.52. The van der Waals surface area contributed by atoms with Gasteiger partial charge in [0.05, 0.1) is 12.6 Å². The van der Waals surface area contributed by atoms with Crippen LogP contribution in [-0.2, 0) is 13.1 Å². The molecule has 7 heteroatoms. The van der Waals surface area contributed by atoms with Crippen molar-refractivity contribution in [1.29, 1.82) is 0 Å². The Bertz CT molecular complexity index is 756. The maximum atomic E-state index is 13.9. The van der Waals surface area contributed by atoms with Crippen LogP contribution in [-0.4, -0.2) is 43.2 Å². The minimum absolute atomic E-state index is 0. The summed E-state index contributed by atoms with van der Waals surface area (Å²) < 4.78 is 13.9. The van der Waals surface area contributed by atoms with Gasteiger partial charge in [0.15, 0.2) is 5.96 Å². The van der Waals surface area contributed by atoms with Crippen molar-refractivity contribution in [2.24, 2.45) is 4.99 Å². The van der Waals surface area contributed by atoms with Gasteiger partial charge in [-0.1, -0.05) is 36.4 Å². The summed E-state index contributed by atoms with van der Waals surface area (Å²) in [6.07, 6.45) is 0.0695. The quantitative estimate of drug-likeness (QED) is 0.272. The molecule has 0 bridgehead atoms. The van der Waals surface area contributed by atoms with Crippen LogP contribution < -0.4 is 10.6 Å². The predicted molar refractivity (Wildman–Crippen MR) is 128 cm³/mol. The van der Waals surface area contributed by atoms with E-state index in [1.807, 2.05) is 62.3 Å². The van der Waals surface area contributed by atoms with Gasteiger partial charge in [0.1, 0.15) is 5.82 Å². The van der Waals surface area contributed by atoms with Gasteiger partial charge in [-0.25, -0.2) is 9.38 Å². The number of hydrogen-bond acceptors (Lipinski definition) is 3. The molecule has 5 nitrogen and oxygen atoms in total. The van der Waals surface area contributed by atoms with Crippen molar-refractivity contribution in [3.05, 3.63) is 71.0 Å². The van der Waals surface area contributed by atoms with Crippen LogP contribution in [0.2, 0.25) is 0 Å². The number of aliphatic imine (C=N–C) groups is 1. The lowest BCUT2D eigenvalue weighted by Gasteiger charge is -2.15. The normalized spacial score (nSPS) is 12.4. The second kappa shape index (κ2) is 13.5. The van der Waals surface area contributed by atoms with Crippen molar-refractivity contribution in [3.63, 3.8) is 0 Å². The SMILES string of the molecule is CCNC(=NCc1ccc(F)c(CN(C)C)c1)NCCC(O)c1ccccc1.I. The van der Waals surface area contributed by atoms with E-state index in [1.165, 1.54) is 6.07 Å². The Labute approximate surface area is 190 Å². The molecule has 2 aromatic rings. The first-order valence-corrected chi connectivity index (χ1v) is 9.66. The van der Waals surface area contributed by atoms with E-state index in [-0.39, 0.29) is 29.8 Å². The molecule has 0 aliphatic heterocycles. The van der Waals surface area contributed by atoms with Crippen LogP contribution in [0.15, 0.2) is 53.5 Å². The topological polar surface area (TPSA) is 59.9 Å². The zero-order valence-corrected chi connectivity index (χ0v) is 19.7. The Morgan fingerprint density at radius 3 is 2.52 bits per heavy atom. The molecule has 0 saturated heterocycles. The first-order valence-electron chi connectivity index (χ1n) is 9.66. The zero-order valence-electron chi connectivity index (χ0n) is 17.4. The summed E-state index contributed by atoms with van der Waals surface area (Å²) in [7, 11) is 3.84. The van der Waals surface area contributed by atoms with Gasteiger partial charge < -0.3 is 20.6 Å². The zero-order chi connectivity index (χ0) is 20.4. The molecule has 0 radical (unpaired) electrons. The Hall–Kier alpha value is -1.71. The van der Waals surface area contributed by atoms with E-state index < -0.39 is 6.10 Å². The van der Waals surface area contributed by atoms with Gasteiger partial charge in [-0.05, 0) is 50.7 Å². The van der Waals surface area contributed by atoms with Crippen molar-refractivity contribution in [2.45, 2.75) is 32.5 Å². The lowest BCUT2D eigenvalue weighted by Crippen LogP contribution is -2.38. The van der Waals surface area contributed by atoms with Gasteiger partial charge in [-0.15, -0.1) is 24.0 Å². The smallest absolute Gasteiger partial charge is 0.191 e. The van der Waals surface area contributed by atoms with E-state index >= 15 is 0 Å². The van der Waals surface area contributed by atoms with Gasteiger partial charge in [0, 0.05) is 25.2 Å². The van der Waals surface area contributed by atoms with Crippen LogP contribution in [0.1, 0.15) is 36.1 Å². The molecule has 0 heterocycles. The van der Waals surface area contributed by atoms with E-state index in [0.717, 1.165) is 17.7 Å². The fraction of sp³-hybridized carbons (Fsp3) is 0.409. The highest BCUT2D eigenvalue weighted by atomic mass is 127. The van der Waals surface area contributed by atoms with E-state index in [0.29, 0.717) is 37.6 Å². The third kappa shape index (κ3) is 9.10. The fourth-order valence-corrected chi connectivity index (χ4v) is 2.87. The number of nitrogens with one attached hydrogen (secondary N) is 2. The molecule has 2 aromatic carbocycles. The Kier molecular flexibility index (Phi) is 11.8. The van der Waals surface area contributed by atoms with Crippen molar-refractivity contribution >= 4 is 29.9 Å². The number of guanidine groups is 1. The van der Waals surface area contributed by atoms with E-state index in [9.17, 15) is 9.50 Å². The summed E-state index contributed by atoms with van der Waals surface area (Å²) >= 11 is 0. The van der Waals surface area contributed by atoms with Gasteiger partial charge in [-0.3, -0.25) is 0 Å². The van der Waals surface area contributed by atoms with Crippen LogP contribution in [0, 0.1) is 5.82 Å². The molecule has 3 N–H and O–H groups in total. The van der Waals surface area contributed by atoms with Crippen molar-refractivity contribution in [3.8, 4) is 0 Å². The average molecular weight is 514 g/mol. The summed E-state index contributed by atoms with van der Waals surface area (Å²) in [5.41, 5.74) is 2.53. The maximum Gasteiger partial charge on any atom is 0.191 e. The highest BCUT2D eigenvalue weighted by Gasteiger charge is 2.08. The number of rotatable bonds is 9. The van der Waals surface area contributed by atoms with E-state index in [1.54, 1.807) is 6.07 Å². The monoisotopic (exact) mass is 514 g/mol. The van der Waals surface area contributed by atoms with Gasteiger partial charge in [0.25, 0.3) is 0 Å². The molecule has 0 fully saturated rings. The predicted octanol–water partition coefficient (Wildman–Crippen LogP) is 3.68. The maximum absolute atomic E-state index is 13.9. The average Bonchev–Trinajstić information content (AvgIpc) is 2.68. The summed E-state index contributed by atoms with van der Waals surface area (Å²) in [5, 5.41) is 16.7. The molecule has 0 aliphatic carbocycles. The standard InChI is InChI=1S/C22H31FN4O.HI/c1-4-24-22(25-13-12-21(28)18-8-6-5-7-9-18)26-15-17-10-11-20(23)19(14-17)16-27(2)3;/h5-11,14,21,28H,4,12-13,15-16H2,1-3H3,(H2,24,25,26);1H. The van der Waals surface area contributed by atoms with Crippen molar-refractivity contribution in [2.75, 3.05) is 27.2 Å². The number of hydrogen-bond donors (Lipinski definition) is 3. The molecule has 1 unspecified atom stereocenters. The number of aliphatic hydroxyl groups is 1. The molecule has 29 heavy (non-hydrogen) atoms. The van der Waals surface area contributed by atoms with Crippen molar-refractivity contribution in [1.82, 2.24) is 15.5 Å². The van der Waals surface area contributed by atoms with Crippen LogP contribution in [0.5, 0.6) is 0 Å². The molecular weight excluding hydrogens is 482 g/mol. The Balaban J connectivity index is 0.00000420. The van der Waals surface area contributed by atoms with Crippen LogP contribution in [0.25, 0.3) is 0 Å². The van der Waals surface area contributed by atoms with Crippen molar-refractivity contribution < 1.29 is 9.50 Å². The molecule has 0 aliphatic rings. The molecule has 0 amide bonds. The third-order valence-corrected chi connectivity index (χ3v) is 4.26. The second-order valence-electron chi connectivity index (χ2n) is 7.00. The van der Waals surface area contributed by atoms with Gasteiger partial charge >= 0.3 is 0 Å². The lowest BCUT2D eigenvalue weighted by molar-refractivity contribution is 0.168. The van der Waals surface area contributed by atoms with E-state index in [2.05, 4.69) is 15.6 Å². The second-order valence-corrected chi connectivity index (χ2v) is 7.00. The lowest BCUT2D eigenvalue weighted by atomic mass is 10.1. The molecule has 0 saturated carbocycles. The Morgan fingerprint density at radius 2 is 1.86 bits per heavy atom.